The lowest BCUT2D eigenvalue weighted by Crippen LogP contribution is -2.39. The summed E-state index contributed by atoms with van der Waals surface area (Å²) in [7, 11) is 1.50. The molecular weight excluding hydrogens is 709 g/mol. The zero-order chi connectivity index (χ0) is 38.8. The van der Waals surface area contributed by atoms with Crippen LogP contribution in [-0.4, -0.2) is 65.9 Å². The molecule has 5 rings (SSSR count). The number of rotatable bonds is 17. The molecule has 3 aromatic carbocycles. The van der Waals surface area contributed by atoms with Crippen LogP contribution < -0.4 is 20.7 Å². The van der Waals surface area contributed by atoms with Crippen LogP contribution in [0.2, 0.25) is 0 Å². The Labute approximate surface area is 316 Å². The fourth-order valence-corrected chi connectivity index (χ4v) is 8.36. The van der Waals surface area contributed by atoms with E-state index < -0.39 is 43.8 Å². The largest absolute Gasteiger partial charge is 0.497 e. The van der Waals surface area contributed by atoms with Gasteiger partial charge in [0.25, 0.3) is 14.1 Å². The van der Waals surface area contributed by atoms with Crippen molar-refractivity contribution in [3.8, 4) is 23.6 Å². The van der Waals surface area contributed by atoms with E-state index in [-0.39, 0.29) is 43.7 Å². The molecule has 1 aliphatic heterocycles. The molecule has 0 bridgehead atoms. The molecule has 1 aliphatic rings. The number of nitriles is 2. The van der Waals surface area contributed by atoms with Crippen LogP contribution in [0.5, 0.6) is 11.5 Å². The number of hydrogen-bond acceptors (Lipinski definition) is 11. The number of benzene rings is 3. The highest BCUT2D eigenvalue weighted by Gasteiger charge is 2.45. The third-order valence-corrected chi connectivity index (χ3v) is 11.3. The molecule has 0 amide bonds. The second-order valence-corrected chi connectivity index (χ2v) is 14.6. The summed E-state index contributed by atoms with van der Waals surface area (Å²) in [6, 6.07) is 29.2. The second kappa shape index (κ2) is 18.5. The van der Waals surface area contributed by atoms with E-state index >= 15 is 0 Å². The maximum atomic E-state index is 13.1. The minimum atomic E-state index is -1.72. The molecule has 2 heterocycles. The summed E-state index contributed by atoms with van der Waals surface area (Å²) in [4.78, 5) is 27.7. The Morgan fingerprint density at radius 2 is 1.48 bits per heavy atom. The first-order valence-corrected chi connectivity index (χ1v) is 18.8. The molecule has 1 fully saturated rings. The molecule has 54 heavy (non-hydrogen) atoms. The predicted molar refractivity (Wildman–Crippen MR) is 203 cm³/mol. The zero-order valence-electron chi connectivity index (χ0n) is 31.3. The summed E-state index contributed by atoms with van der Waals surface area (Å²) < 4.78 is 41.2. The minimum absolute atomic E-state index is 0.0257. The van der Waals surface area contributed by atoms with Crippen molar-refractivity contribution in [2.45, 2.75) is 76.7 Å². The first kappa shape index (κ1) is 40.3. The van der Waals surface area contributed by atoms with E-state index in [1.165, 1.54) is 10.8 Å². The van der Waals surface area contributed by atoms with Crippen LogP contribution >= 0.6 is 8.53 Å². The van der Waals surface area contributed by atoms with Gasteiger partial charge in [-0.2, -0.15) is 10.5 Å². The summed E-state index contributed by atoms with van der Waals surface area (Å²) in [5.74, 6) is 1.36. The summed E-state index contributed by atoms with van der Waals surface area (Å²) in [5, 5.41) is 18.9. The van der Waals surface area contributed by atoms with E-state index in [1.807, 2.05) is 113 Å². The van der Waals surface area contributed by atoms with Crippen LogP contribution in [0, 0.1) is 22.7 Å². The highest BCUT2D eigenvalue weighted by molar-refractivity contribution is 7.44. The number of aromatic nitrogens is 2. The van der Waals surface area contributed by atoms with Gasteiger partial charge in [0.05, 0.1) is 46.0 Å². The smallest absolute Gasteiger partial charge is 0.330 e. The molecule has 284 valence electrons. The molecule has 14 heteroatoms. The Kier molecular flexibility index (Phi) is 13.8. The fraction of sp³-hybridized carbons (Fsp3) is 0.400. The molecule has 0 saturated carbocycles. The Morgan fingerprint density at radius 1 is 0.907 bits per heavy atom. The molecule has 1 aromatic heterocycles. The average Bonchev–Trinajstić information content (AvgIpc) is 3.57. The maximum Gasteiger partial charge on any atom is 0.330 e. The van der Waals surface area contributed by atoms with Gasteiger partial charge in [-0.15, -0.1) is 0 Å². The van der Waals surface area contributed by atoms with Crippen LogP contribution in [0.3, 0.4) is 0 Å². The molecule has 0 spiro atoms. The molecule has 4 atom stereocenters. The summed E-state index contributed by atoms with van der Waals surface area (Å²) in [6.45, 7) is 8.31. The molecule has 0 aliphatic carbocycles. The van der Waals surface area contributed by atoms with Crippen molar-refractivity contribution in [2.75, 3.05) is 27.4 Å². The number of ether oxygens (including phenoxy) is 4. The topological polar surface area (TPSA) is 161 Å². The molecular formula is C40H46N5O8P. The summed E-state index contributed by atoms with van der Waals surface area (Å²) in [5.41, 5.74) is -0.441. The lowest BCUT2D eigenvalue weighted by atomic mass is 9.80. The second-order valence-electron chi connectivity index (χ2n) is 13.2. The predicted octanol–water partition coefficient (Wildman–Crippen LogP) is 6.38. The van der Waals surface area contributed by atoms with Crippen molar-refractivity contribution in [2.24, 2.45) is 0 Å². The van der Waals surface area contributed by atoms with Crippen molar-refractivity contribution in [1.82, 2.24) is 14.2 Å². The molecule has 4 aromatic rings. The minimum Gasteiger partial charge on any atom is -0.497 e. The number of nitrogens with one attached hydrogen (secondary N) is 1. The van der Waals surface area contributed by atoms with Gasteiger partial charge in [-0.3, -0.25) is 14.3 Å². The molecule has 1 N–H and O–H groups in total. The van der Waals surface area contributed by atoms with Gasteiger partial charge in [-0.25, -0.2) is 9.46 Å². The highest BCUT2D eigenvalue weighted by Crippen LogP contribution is 2.50. The summed E-state index contributed by atoms with van der Waals surface area (Å²) >= 11 is 0. The van der Waals surface area contributed by atoms with Gasteiger partial charge in [0.15, 0.2) is 0 Å². The molecule has 1 unspecified atom stereocenters. The summed E-state index contributed by atoms with van der Waals surface area (Å²) in [6.07, 6.45) is -0.836. The Bertz CT molecular complexity index is 1970. The number of methoxy groups -OCH3 is 2. The lowest BCUT2D eigenvalue weighted by molar-refractivity contribution is -0.0925. The van der Waals surface area contributed by atoms with Gasteiger partial charge in [0.1, 0.15) is 41.1 Å². The maximum absolute atomic E-state index is 13.1. The third-order valence-electron chi connectivity index (χ3n) is 9.10. The highest BCUT2D eigenvalue weighted by atomic mass is 31.2. The van der Waals surface area contributed by atoms with Crippen molar-refractivity contribution < 1.29 is 28.0 Å². The average molecular weight is 756 g/mol. The number of hydrogen-bond donors (Lipinski definition) is 1. The van der Waals surface area contributed by atoms with E-state index in [0.29, 0.717) is 11.5 Å². The number of nitrogens with zero attached hydrogens (tertiary/aromatic N) is 4. The van der Waals surface area contributed by atoms with Gasteiger partial charge < -0.3 is 28.0 Å². The molecule has 0 radical (unpaired) electrons. The molecule has 1 saturated heterocycles. The zero-order valence-corrected chi connectivity index (χ0v) is 32.2. The quantitative estimate of drug-likeness (QED) is 0.0723. The third kappa shape index (κ3) is 8.91. The Morgan fingerprint density at radius 3 is 2.00 bits per heavy atom. The van der Waals surface area contributed by atoms with Crippen LogP contribution in [0.4, 0.5) is 0 Å². The van der Waals surface area contributed by atoms with Gasteiger partial charge in [-0.1, -0.05) is 54.6 Å². The Balaban J connectivity index is 1.61. The first-order valence-electron chi connectivity index (χ1n) is 17.7. The van der Waals surface area contributed by atoms with E-state index in [2.05, 4.69) is 15.7 Å². The first-order chi connectivity index (χ1) is 26.1. The van der Waals surface area contributed by atoms with Crippen molar-refractivity contribution in [3.05, 3.63) is 128 Å². The van der Waals surface area contributed by atoms with Gasteiger partial charge in [0, 0.05) is 24.7 Å². The van der Waals surface area contributed by atoms with Crippen LogP contribution in [0.15, 0.2) is 94.6 Å². The SMILES string of the molecule is COc1ccc(C(OC[C@H]2O[C@@H](n3cc(C#N)c(=O)[nH]c3=O)C[C@@H]2OP(OCCC#N)N(C(C)C)C(C)C)(c2ccccc2)c2ccc(OC)cc2)cc1. The van der Waals surface area contributed by atoms with Crippen molar-refractivity contribution in [1.29, 1.82) is 10.5 Å². The number of H-pyrrole nitrogens is 1. The Hall–Kier alpha value is -4.85. The van der Waals surface area contributed by atoms with Crippen LogP contribution in [0.25, 0.3) is 0 Å². The van der Waals surface area contributed by atoms with E-state index in [0.717, 1.165) is 16.7 Å². The van der Waals surface area contributed by atoms with E-state index in [4.69, 9.17) is 28.0 Å². The van der Waals surface area contributed by atoms with Gasteiger partial charge >= 0.3 is 5.69 Å². The number of aromatic amines is 1. The van der Waals surface area contributed by atoms with Crippen molar-refractivity contribution in [3.63, 3.8) is 0 Å². The fourth-order valence-electron chi connectivity index (χ4n) is 6.60. The monoisotopic (exact) mass is 755 g/mol. The lowest BCUT2D eigenvalue weighted by Gasteiger charge is -2.39. The van der Waals surface area contributed by atoms with Crippen molar-refractivity contribution >= 4 is 8.53 Å². The van der Waals surface area contributed by atoms with E-state index in [1.54, 1.807) is 14.2 Å². The van der Waals surface area contributed by atoms with E-state index in [9.17, 15) is 20.1 Å². The van der Waals surface area contributed by atoms with Crippen LogP contribution in [-0.2, 0) is 24.1 Å². The standard InChI is InChI=1S/C40H46N5O8P/c1-27(2)45(28(3)4)54(51-22-10-21-41)53-35-23-37(44-25-29(24-42)38(46)43-39(44)47)52-36(35)26-50-40(30-11-8-7-9-12-30,31-13-17-33(48-5)18-14-31)32-15-19-34(49-6)20-16-32/h7-9,11-20,25,27-28,35-37H,10,22-23,26H2,1-6H3,(H,43,46,47)/t35-,36+,37+,54?/m0/s1. The van der Waals surface area contributed by atoms with Gasteiger partial charge in [0.2, 0.25) is 0 Å². The molecule has 13 nitrogen and oxygen atoms in total. The normalized spacial score (nSPS) is 17.7. The van der Waals surface area contributed by atoms with Gasteiger partial charge in [-0.05, 0) is 68.7 Å². The van der Waals surface area contributed by atoms with Crippen LogP contribution in [0.1, 0.15) is 69.0 Å².